The fraction of sp³-hybridized carbons (Fsp3) is 0.923. The summed E-state index contributed by atoms with van der Waals surface area (Å²) in [5, 5.41) is 3.50. The lowest BCUT2D eigenvalue weighted by Crippen LogP contribution is -2.39. The number of carbonyl (C=O) groups is 1. The van der Waals surface area contributed by atoms with Crippen molar-refractivity contribution in [2.24, 2.45) is 0 Å². The maximum absolute atomic E-state index is 10.9. The van der Waals surface area contributed by atoms with Gasteiger partial charge in [0.25, 0.3) is 0 Å². The Bertz CT molecular complexity index is 227. The lowest BCUT2D eigenvalue weighted by Gasteiger charge is -2.36. The molecule has 0 aliphatic heterocycles. The van der Waals surface area contributed by atoms with Crippen molar-refractivity contribution in [3.63, 3.8) is 0 Å². The number of ether oxygens (including phenoxy) is 1. The maximum atomic E-state index is 10.9. The SMILES string of the molecule is COC(=O)CCCNCC1(SC)CCCCC1. The number of esters is 1. The molecular weight excluding hydrogens is 234 g/mol. The summed E-state index contributed by atoms with van der Waals surface area (Å²) in [5.41, 5.74) is 0. The minimum atomic E-state index is -0.107. The van der Waals surface area contributed by atoms with E-state index in [4.69, 9.17) is 0 Å². The number of hydrogen-bond donors (Lipinski definition) is 1. The lowest BCUT2D eigenvalue weighted by molar-refractivity contribution is -0.140. The summed E-state index contributed by atoms with van der Waals surface area (Å²) in [5.74, 6) is -0.107. The van der Waals surface area contributed by atoms with Gasteiger partial charge in [-0.3, -0.25) is 4.79 Å². The molecule has 0 bridgehead atoms. The van der Waals surface area contributed by atoms with Crippen molar-refractivity contribution in [1.82, 2.24) is 5.32 Å². The summed E-state index contributed by atoms with van der Waals surface area (Å²) in [7, 11) is 1.44. The Balaban J connectivity index is 2.13. The molecule has 1 aliphatic carbocycles. The van der Waals surface area contributed by atoms with Crippen LogP contribution in [0.1, 0.15) is 44.9 Å². The van der Waals surface area contributed by atoms with E-state index in [1.54, 1.807) is 0 Å². The maximum Gasteiger partial charge on any atom is 0.305 e. The Morgan fingerprint density at radius 1 is 1.35 bits per heavy atom. The number of methoxy groups -OCH3 is 1. The molecule has 3 nitrogen and oxygen atoms in total. The Hall–Kier alpha value is -0.220. The van der Waals surface area contributed by atoms with Crippen molar-refractivity contribution >= 4 is 17.7 Å². The first-order chi connectivity index (χ1) is 8.22. The number of nitrogens with one attached hydrogen (secondary N) is 1. The number of rotatable bonds is 7. The molecule has 4 heteroatoms. The van der Waals surface area contributed by atoms with Crippen LogP contribution in [0.2, 0.25) is 0 Å². The molecule has 0 unspecified atom stereocenters. The van der Waals surface area contributed by atoms with Crippen LogP contribution >= 0.6 is 11.8 Å². The summed E-state index contributed by atoms with van der Waals surface area (Å²) in [4.78, 5) is 10.9. The molecule has 1 N–H and O–H groups in total. The molecule has 17 heavy (non-hydrogen) atoms. The fourth-order valence-electron chi connectivity index (χ4n) is 2.43. The van der Waals surface area contributed by atoms with Gasteiger partial charge in [0.1, 0.15) is 0 Å². The van der Waals surface area contributed by atoms with E-state index in [0.29, 0.717) is 11.2 Å². The van der Waals surface area contributed by atoms with E-state index in [0.717, 1.165) is 19.5 Å². The molecule has 0 amide bonds. The number of hydrogen-bond acceptors (Lipinski definition) is 4. The summed E-state index contributed by atoms with van der Waals surface area (Å²) in [6.45, 7) is 1.99. The third-order valence-electron chi connectivity index (χ3n) is 3.61. The molecular formula is C13H25NO2S. The van der Waals surface area contributed by atoms with Gasteiger partial charge in [-0.15, -0.1) is 0 Å². The normalized spacial score (nSPS) is 18.9. The Kier molecular flexibility index (Phi) is 6.97. The summed E-state index contributed by atoms with van der Waals surface area (Å²) >= 11 is 2.01. The Morgan fingerprint density at radius 2 is 2.06 bits per heavy atom. The molecule has 0 radical (unpaired) electrons. The largest absolute Gasteiger partial charge is 0.469 e. The van der Waals surface area contributed by atoms with Gasteiger partial charge in [-0.1, -0.05) is 19.3 Å². The highest BCUT2D eigenvalue weighted by atomic mass is 32.2. The highest BCUT2D eigenvalue weighted by Gasteiger charge is 2.30. The van der Waals surface area contributed by atoms with Gasteiger partial charge in [-0.2, -0.15) is 11.8 Å². The third kappa shape index (κ3) is 5.30. The zero-order valence-corrected chi connectivity index (χ0v) is 11.9. The predicted molar refractivity (Wildman–Crippen MR) is 73.5 cm³/mol. The van der Waals surface area contributed by atoms with Crippen LogP contribution in [0.15, 0.2) is 0 Å². The van der Waals surface area contributed by atoms with Crippen LogP contribution < -0.4 is 5.32 Å². The van der Waals surface area contributed by atoms with Gasteiger partial charge in [0.2, 0.25) is 0 Å². The Morgan fingerprint density at radius 3 is 2.65 bits per heavy atom. The first-order valence-corrected chi connectivity index (χ1v) is 7.77. The average molecular weight is 259 g/mol. The smallest absolute Gasteiger partial charge is 0.305 e. The second-order valence-electron chi connectivity index (χ2n) is 4.80. The Labute approximate surface area is 109 Å². The first-order valence-electron chi connectivity index (χ1n) is 6.55. The lowest BCUT2D eigenvalue weighted by atomic mass is 9.88. The van der Waals surface area contributed by atoms with Crippen molar-refractivity contribution in [3.05, 3.63) is 0 Å². The van der Waals surface area contributed by atoms with E-state index in [9.17, 15) is 4.79 Å². The van der Waals surface area contributed by atoms with Gasteiger partial charge >= 0.3 is 5.97 Å². The molecule has 0 heterocycles. The first kappa shape index (κ1) is 14.8. The number of carbonyl (C=O) groups excluding carboxylic acids is 1. The third-order valence-corrected chi connectivity index (χ3v) is 5.03. The average Bonchev–Trinajstić information content (AvgIpc) is 2.39. The molecule has 1 fully saturated rings. The fourth-order valence-corrected chi connectivity index (χ4v) is 3.37. The van der Waals surface area contributed by atoms with Crippen LogP contribution in [0.25, 0.3) is 0 Å². The minimum absolute atomic E-state index is 0.107. The van der Waals surface area contributed by atoms with E-state index in [-0.39, 0.29) is 5.97 Å². The monoisotopic (exact) mass is 259 g/mol. The van der Waals surface area contributed by atoms with Crippen LogP contribution in [-0.2, 0) is 9.53 Å². The van der Waals surface area contributed by atoms with Crippen LogP contribution in [0.4, 0.5) is 0 Å². The molecule has 0 spiro atoms. The quantitative estimate of drug-likeness (QED) is 0.563. The van der Waals surface area contributed by atoms with Crippen molar-refractivity contribution in [1.29, 1.82) is 0 Å². The highest BCUT2D eigenvalue weighted by Crippen LogP contribution is 2.37. The van der Waals surface area contributed by atoms with Gasteiger partial charge in [-0.25, -0.2) is 0 Å². The van der Waals surface area contributed by atoms with Crippen LogP contribution in [-0.4, -0.2) is 37.2 Å². The summed E-state index contributed by atoms with van der Waals surface area (Å²) in [6, 6.07) is 0. The van der Waals surface area contributed by atoms with Crippen LogP contribution in [0.3, 0.4) is 0 Å². The summed E-state index contributed by atoms with van der Waals surface area (Å²) < 4.78 is 5.06. The second kappa shape index (κ2) is 7.98. The molecule has 1 aliphatic rings. The second-order valence-corrected chi connectivity index (χ2v) is 6.08. The molecule has 1 saturated carbocycles. The van der Waals surface area contributed by atoms with Crippen molar-refractivity contribution < 1.29 is 9.53 Å². The van der Waals surface area contributed by atoms with Gasteiger partial charge in [0.15, 0.2) is 0 Å². The summed E-state index contributed by atoms with van der Waals surface area (Å²) in [6.07, 6.45) is 10.4. The molecule has 0 atom stereocenters. The molecule has 0 aromatic heterocycles. The van der Waals surface area contributed by atoms with Gasteiger partial charge in [-0.05, 0) is 32.1 Å². The van der Waals surface area contributed by atoms with Gasteiger partial charge in [0.05, 0.1) is 7.11 Å². The van der Waals surface area contributed by atoms with Crippen molar-refractivity contribution in [3.8, 4) is 0 Å². The topological polar surface area (TPSA) is 38.3 Å². The van der Waals surface area contributed by atoms with Crippen LogP contribution in [0.5, 0.6) is 0 Å². The van der Waals surface area contributed by atoms with Crippen LogP contribution in [0, 0.1) is 0 Å². The van der Waals surface area contributed by atoms with Crippen molar-refractivity contribution in [2.45, 2.75) is 49.7 Å². The molecule has 0 aromatic rings. The number of thioether (sulfide) groups is 1. The van der Waals surface area contributed by atoms with E-state index in [2.05, 4.69) is 16.3 Å². The molecule has 100 valence electrons. The molecule has 0 aromatic carbocycles. The van der Waals surface area contributed by atoms with Gasteiger partial charge in [0, 0.05) is 17.7 Å². The zero-order chi connectivity index (χ0) is 12.6. The van der Waals surface area contributed by atoms with Crippen molar-refractivity contribution in [2.75, 3.05) is 26.5 Å². The standard InChI is InChI=1S/C13H25NO2S/c1-16-12(15)7-6-10-14-11-13(17-2)8-4-3-5-9-13/h14H,3-11H2,1-2H3. The van der Waals surface area contributed by atoms with E-state index in [1.165, 1.54) is 39.2 Å². The van der Waals surface area contributed by atoms with E-state index >= 15 is 0 Å². The minimum Gasteiger partial charge on any atom is -0.469 e. The van der Waals surface area contributed by atoms with Gasteiger partial charge < -0.3 is 10.1 Å². The van der Waals surface area contributed by atoms with E-state index < -0.39 is 0 Å². The molecule has 0 saturated heterocycles. The zero-order valence-electron chi connectivity index (χ0n) is 11.1. The van der Waals surface area contributed by atoms with E-state index in [1.807, 2.05) is 11.8 Å². The predicted octanol–water partition coefficient (Wildman–Crippen LogP) is 2.60. The highest BCUT2D eigenvalue weighted by molar-refractivity contribution is 8.00. The molecule has 1 rings (SSSR count).